The van der Waals surface area contributed by atoms with Crippen LogP contribution >= 0.6 is 46.4 Å². The lowest BCUT2D eigenvalue weighted by molar-refractivity contribution is 0.628. The van der Waals surface area contributed by atoms with Crippen LogP contribution in [0.25, 0.3) is 55.5 Å². The summed E-state index contributed by atoms with van der Waals surface area (Å²) in [6.45, 7) is 3.82. The molecule has 0 spiro atoms. The third-order valence-electron chi connectivity index (χ3n) is 8.55. The Morgan fingerprint density at radius 2 is 1.21 bits per heavy atom. The first-order valence-corrected chi connectivity index (χ1v) is 17.7. The van der Waals surface area contributed by atoms with Crippen molar-refractivity contribution in [2.75, 3.05) is 5.32 Å². The predicted octanol–water partition coefficient (Wildman–Crippen LogP) is 11.6. The number of anilines is 1. The molecule has 2 atom stereocenters. The standard InChI is InChI=1S/C22H15Cl2FN6.C17H13Cl2FN2/c1-11(30-22-20-21(27-9-26-20)28-10-29-22)14-7-12-3-2-4-17(24)18(12)31-19(14)15-8-13(25)5-6-16(15)23;1-9(21)12-7-10-3-2-4-15(19)16(10)22-17(12)13-8-11(20)5-6-14(13)18/h2-11H,1H3,(H2,26,27,28,29,30);2-9H,21H2,1H3/t11-;9-/m00/s1. The monoisotopic (exact) mass is 786 g/mol. The lowest BCUT2D eigenvalue weighted by Gasteiger charge is -2.20. The van der Waals surface area contributed by atoms with Crippen molar-refractivity contribution in [1.82, 2.24) is 29.9 Å². The molecule has 0 unspecified atom stereocenters. The average molecular weight is 789 g/mol. The van der Waals surface area contributed by atoms with E-state index in [0.29, 0.717) is 70.6 Å². The normalized spacial score (nSPS) is 12.5. The molecule has 0 radical (unpaired) electrons. The molecule has 4 aromatic heterocycles. The molecule has 8 nitrogen and oxygen atoms in total. The van der Waals surface area contributed by atoms with Gasteiger partial charge in [0.25, 0.3) is 0 Å². The molecule has 0 aliphatic heterocycles. The molecule has 0 bridgehead atoms. The molecule has 8 rings (SSSR count). The Bertz CT molecular complexity index is 2650. The number of aromatic amines is 1. The molecule has 0 fully saturated rings. The van der Waals surface area contributed by atoms with E-state index in [-0.39, 0.29) is 17.9 Å². The molecule has 0 saturated carbocycles. The summed E-state index contributed by atoms with van der Waals surface area (Å²) in [6, 6.07) is 22.9. The number of rotatable bonds is 6. The fourth-order valence-electron chi connectivity index (χ4n) is 5.98. The van der Waals surface area contributed by atoms with Gasteiger partial charge in [0.05, 0.1) is 54.9 Å². The lowest BCUT2D eigenvalue weighted by Crippen LogP contribution is -2.11. The number of imidazole rings is 1. The summed E-state index contributed by atoms with van der Waals surface area (Å²) >= 11 is 25.3. The van der Waals surface area contributed by atoms with Crippen LogP contribution in [0.4, 0.5) is 14.6 Å². The smallest absolute Gasteiger partial charge is 0.182 e. The van der Waals surface area contributed by atoms with Crippen LogP contribution in [0.15, 0.2) is 97.6 Å². The average Bonchev–Trinajstić information content (AvgIpc) is 3.64. The molecule has 53 heavy (non-hydrogen) atoms. The SMILES string of the molecule is C[C@H](N)c1cc2cccc(Cl)c2nc1-c1cc(F)ccc1Cl.C[C@H](Nc1ncnc2nc[nH]c12)c1cc2cccc(Cl)c2nc1-c1cc(F)ccc1Cl. The number of benzene rings is 4. The second-order valence-corrected chi connectivity index (χ2v) is 13.8. The van der Waals surface area contributed by atoms with E-state index in [9.17, 15) is 8.78 Å². The van der Waals surface area contributed by atoms with Crippen LogP contribution in [0, 0.1) is 11.6 Å². The Labute approximate surface area is 322 Å². The Kier molecular flexibility index (Phi) is 10.4. The number of fused-ring (bicyclic) bond motifs is 3. The van der Waals surface area contributed by atoms with E-state index in [1.165, 1.54) is 42.7 Å². The molecule has 4 aromatic carbocycles. The fraction of sp³-hybridized carbons (Fsp3) is 0.103. The second-order valence-electron chi connectivity index (χ2n) is 12.2. The third kappa shape index (κ3) is 7.46. The number of pyridine rings is 2. The zero-order chi connectivity index (χ0) is 37.4. The molecule has 0 saturated heterocycles. The highest BCUT2D eigenvalue weighted by atomic mass is 35.5. The van der Waals surface area contributed by atoms with E-state index in [1.54, 1.807) is 18.5 Å². The Morgan fingerprint density at radius 1 is 0.660 bits per heavy atom. The molecule has 266 valence electrons. The largest absolute Gasteiger partial charge is 0.362 e. The van der Waals surface area contributed by atoms with Gasteiger partial charge in [-0.3, -0.25) is 0 Å². The summed E-state index contributed by atoms with van der Waals surface area (Å²) < 4.78 is 27.7. The van der Waals surface area contributed by atoms with Gasteiger partial charge in [-0.2, -0.15) is 0 Å². The van der Waals surface area contributed by atoms with Crippen LogP contribution in [-0.2, 0) is 0 Å². The maximum absolute atomic E-state index is 14.1. The van der Waals surface area contributed by atoms with Gasteiger partial charge in [0.1, 0.15) is 23.5 Å². The van der Waals surface area contributed by atoms with Crippen molar-refractivity contribution in [3.8, 4) is 22.5 Å². The first kappa shape index (κ1) is 36.4. The van der Waals surface area contributed by atoms with Crippen molar-refractivity contribution in [1.29, 1.82) is 0 Å². The van der Waals surface area contributed by atoms with Gasteiger partial charge in [0.2, 0.25) is 0 Å². The molecular formula is C39H28Cl4F2N8. The van der Waals surface area contributed by atoms with Gasteiger partial charge in [0, 0.05) is 33.5 Å². The Balaban J connectivity index is 0.000000174. The van der Waals surface area contributed by atoms with Gasteiger partial charge < -0.3 is 16.0 Å². The summed E-state index contributed by atoms with van der Waals surface area (Å²) in [5.74, 6) is -0.185. The first-order valence-electron chi connectivity index (χ1n) is 16.2. The van der Waals surface area contributed by atoms with Crippen LogP contribution in [0.1, 0.15) is 37.1 Å². The minimum absolute atomic E-state index is 0.258. The maximum atomic E-state index is 14.1. The number of para-hydroxylation sites is 2. The molecule has 8 aromatic rings. The fourth-order valence-corrected chi connectivity index (χ4v) is 6.84. The number of nitrogens with two attached hydrogens (primary N) is 1. The van der Waals surface area contributed by atoms with Gasteiger partial charge >= 0.3 is 0 Å². The van der Waals surface area contributed by atoms with Crippen LogP contribution in [0.2, 0.25) is 20.1 Å². The highest BCUT2D eigenvalue weighted by Crippen LogP contribution is 2.38. The van der Waals surface area contributed by atoms with Crippen molar-refractivity contribution in [2.45, 2.75) is 25.9 Å². The number of hydrogen-bond acceptors (Lipinski definition) is 7. The van der Waals surface area contributed by atoms with Crippen molar-refractivity contribution in [2.24, 2.45) is 5.73 Å². The number of nitrogens with one attached hydrogen (secondary N) is 2. The molecule has 0 aliphatic rings. The number of H-pyrrole nitrogens is 1. The van der Waals surface area contributed by atoms with E-state index in [2.05, 4.69) is 30.2 Å². The maximum Gasteiger partial charge on any atom is 0.182 e. The summed E-state index contributed by atoms with van der Waals surface area (Å²) in [5.41, 5.74) is 12.3. The van der Waals surface area contributed by atoms with Gasteiger partial charge in [-0.15, -0.1) is 0 Å². The number of halogens is 6. The molecule has 0 aliphatic carbocycles. The molecule has 4 N–H and O–H groups in total. The minimum Gasteiger partial charge on any atom is -0.362 e. The van der Waals surface area contributed by atoms with E-state index in [1.807, 2.05) is 50.2 Å². The van der Waals surface area contributed by atoms with Crippen molar-refractivity contribution in [3.05, 3.63) is 140 Å². The Morgan fingerprint density at radius 3 is 1.77 bits per heavy atom. The first-order chi connectivity index (χ1) is 25.5. The topological polar surface area (TPSA) is 118 Å². The summed E-state index contributed by atoms with van der Waals surface area (Å²) in [6.07, 6.45) is 3.01. The number of hydrogen-bond donors (Lipinski definition) is 3. The predicted molar refractivity (Wildman–Crippen MR) is 211 cm³/mol. The third-order valence-corrected chi connectivity index (χ3v) is 9.82. The van der Waals surface area contributed by atoms with Gasteiger partial charge in [-0.1, -0.05) is 70.7 Å². The highest BCUT2D eigenvalue weighted by Gasteiger charge is 2.21. The van der Waals surface area contributed by atoms with Crippen LogP contribution in [-0.4, -0.2) is 29.9 Å². The molecule has 4 heterocycles. The van der Waals surface area contributed by atoms with Crippen molar-refractivity contribution in [3.63, 3.8) is 0 Å². The van der Waals surface area contributed by atoms with Crippen LogP contribution in [0.5, 0.6) is 0 Å². The van der Waals surface area contributed by atoms with Crippen molar-refractivity contribution >= 4 is 85.2 Å². The molecular weight excluding hydrogens is 760 g/mol. The zero-order valence-electron chi connectivity index (χ0n) is 28.0. The summed E-state index contributed by atoms with van der Waals surface area (Å²) in [5, 5.41) is 6.98. The van der Waals surface area contributed by atoms with Crippen LogP contribution in [0.3, 0.4) is 0 Å². The summed E-state index contributed by atoms with van der Waals surface area (Å²) in [4.78, 5) is 25.1. The van der Waals surface area contributed by atoms with Crippen molar-refractivity contribution < 1.29 is 8.78 Å². The van der Waals surface area contributed by atoms with Gasteiger partial charge in [-0.25, -0.2) is 33.7 Å². The lowest BCUT2D eigenvalue weighted by atomic mass is 9.98. The molecule has 14 heteroatoms. The quantitative estimate of drug-likeness (QED) is 0.153. The minimum atomic E-state index is -0.401. The van der Waals surface area contributed by atoms with E-state index in [4.69, 9.17) is 57.1 Å². The van der Waals surface area contributed by atoms with E-state index in [0.717, 1.165) is 21.9 Å². The number of aromatic nitrogens is 6. The number of nitrogens with zero attached hydrogens (tertiary/aromatic N) is 5. The van der Waals surface area contributed by atoms with Gasteiger partial charge in [0.15, 0.2) is 11.5 Å². The Hall–Kier alpha value is -4.97. The zero-order valence-corrected chi connectivity index (χ0v) is 31.0. The van der Waals surface area contributed by atoms with Crippen LogP contribution < -0.4 is 11.1 Å². The highest BCUT2D eigenvalue weighted by molar-refractivity contribution is 6.36. The van der Waals surface area contributed by atoms with Gasteiger partial charge in [-0.05, 0) is 80.1 Å². The second kappa shape index (κ2) is 15.2. The molecule has 0 amide bonds. The summed E-state index contributed by atoms with van der Waals surface area (Å²) in [7, 11) is 0. The van der Waals surface area contributed by atoms with E-state index < -0.39 is 5.82 Å². The van der Waals surface area contributed by atoms with E-state index >= 15 is 0 Å².